The molecule has 0 bridgehead atoms. The lowest BCUT2D eigenvalue weighted by Crippen LogP contribution is -2.16. The average Bonchev–Trinajstić information content (AvgIpc) is 3.05. The van der Waals surface area contributed by atoms with Crippen molar-refractivity contribution in [3.63, 3.8) is 0 Å². The van der Waals surface area contributed by atoms with Gasteiger partial charge in [0.2, 0.25) is 0 Å². The Labute approximate surface area is 133 Å². The molecule has 0 radical (unpaired) electrons. The average molecular weight is 308 g/mol. The first-order valence-corrected chi connectivity index (χ1v) is 7.61. The van der Waals surface area contributed by atoms with Gasteiger partial charge in [-0.05, 0) is 36.2 Å². The molecule has 1 aliphatic carbocycles. The van der Waals surface area contributed by atoms with Crippen molar-refractivity contribution in [1.82, 2.24) is 0 Å². The van der Waals surface area contributed by atoms with E-state index in [-0.39, 0.29) is 11.7 Å². The fraction of sp³-hybridized carbons (Fsp3) is 0.211. The summed E-state index contributed by atoms with van der Waals surface area (Å²) < 4.78 is 11.6. The molecule has 0 unspecified atom stereocenters. The first kappa shape index (κ1) is 13.9. The number of furan rings is 1. The second-order valence-corrected chi connectivity index (χ2v) is 5.91. The smallest absolute Gasteiger partial charge is 0.339 e. The molecule has 0 saturated heterocycles. The van der Waals surface area contributed by atoms with Crippen molar-refractivity contribution in [2.45, 2.75) is 25.9 Å². The minimum Gasteiger partial charge on any atom is -0.490 e. The van der Waals surface area contributed by atoms with Crippen LogP contribution in [0.2, 0.25) is 0 Å². The van der Waals surface area contributed by atoms with Crippen LogP contribution in [0.1, 0.15) is 27.2 Å². The number of benzene rings is 2. The molecule has 116 valence electrons. The minimum absolute atomic E-state index is 0.0890. The van der Waals surface area contributed by atoms with Gasteiger partial charge in [-0.25, -0.2) is 4.79 Å². The van der Waals surface area contributed by atoms with Gasteiger partial charge in [-0.3, -0.25) is 0 Å². The molecule has 1 N–H and O–H groups in total. The van der Waals surface area contributed by atoms with Gasteiger partial charge in [-0.15, -0.1) is 0 Å². The maximum atomic E-state index is 11.4. The normalized spacial score (nSPS) is 14.1. The van der Waals surface area contributed by atoms with Gasteiger partial charge < -0.3 is 14.3 Å². The van der Waals surface area contributed by atoms with Crippen LogP contribution in [0.4, 0.5) is 0 Å². The molecule has 23 heavy (non-hydrogen) atoms. The zero-order valence-corrected chi connectivity index (χ0v) is 12.7. The highest BCUT2D eigenvalue weighted by atomic mass is 16.5. The lowest BCUT2D eigenvalue weighted by atomic mass is 10.1. The molecular formula is C19H16O4. The van der Waals surface area contributed by atoms with E-state index in [9.17, 15) is 9.90 Å². The van der Waals surface area contributed by atoms with E-state index in [2.05, 4.69) is 12.1 Å². The summed E-state index contributed by atoms with van der Waals surface area (Å²) in [6, 6.07) is 13.7. The summed E-state index contributed by atoms with van der Waals surface area (Å²) in [6.45, 7) is 1.66. The van der Waals surface area contributed by atoms with Crippen LogP contribution in [-0.2, 0) is 12.8 Å². The topological polar surface area (TPSA) is 59.7 Å². The fourth-order valence-corrected chi connectivity index (χ4v) is 3.33. The Kier molecular flexibility index (Phi) is 3.11. The molecule has 1 aliphatic rings. The molecule has 4 rings (SSSR count). The van der Waals surface area contributed by atoms with E-state index in [1.807, 2.05) is 18.2 Å². The number of carboxylic acid groups (broad SMARTS) is 1. The molecule has 0 spiro atoms. The number of hydrogen-bond acceptors (Lipinski definition) is 3. The number of ether oxygens (including phenoxy) is 1. The van der Waals surface area contributed by atoms with E-state index in [4.69, 9.17) is 9.15 Å². The first-order chi connectivity index (χ1) is 11.1. The zero-order chi connectivity index (χ0) is 16.0. The molecule has 0 fully saturated rings. The Morgan fingerprint density at radius 3 is 2.52 bits per heavy atom. The summed E-state index contributed by atoms with van der Waals surface area (Å²) in [5, 5.41) is 9.93. The van der Waals surface area contributed by atoms with Crippen molar-refractivity contribution in [2.24, 2.45) is 0 Å². The largest absolute Gasteiger partial charge is 0.490 e. The van der Waals surface area contributed by atoms with Crippen LogP contribution in [0, 0.1) is 6.92 Å². The highest BCUT2D eigenvalue weighted by molar-refractivity contribution is 6.03. The van der Waals surface area contributed by atoms with Crippen molar-refractivity contribution in [1.29, 1.82) is 0 Å². The molecule has 4 heteroatoms. The lowest BCUT2D eigenvalue weighted by molar-refractivity contribution is 0.0697. The summed E-state index contributed by atoms with van der Waals surface area (Å²) in [5.74, 6) is 0.114. The van der Waals surface area contributed by atoms with Gasteiger partial charge in [0.25, 0.3) is 0 Å². The van der Waals surface area contributed by atoms with Gasteiger partial charge in [0.05, 0.1) is 0 Å². The minimum atomic E-state index is -0.980. The molecule has 0 amide bonds. The number of carbonyl (C=O) groups is 1. The predicted molar refractivity (Wildman–Crippen MR) is 86.2 cm³/mol. The van der Waals surface area contributed by atoms with Crippen LogP contribution < -0.4 is 4.74 Å². The zero-order valence-electron chi connectivity index (χ0n) is 12.7. The summed E-state index contributed by atoms with van der Waals surface area (Å²) in [5.41, 5.74) is 3.43. The molecule has 2 aromatic carbocycles. The van der Waals surface area contributed by atoms with Gasteiger partial charge in [0, 0.05) is 18.2 Å². The molecule has 0 aliphatic heterocycles. The maximum Gasteiger partial charge on any atom is 0.339 e. The highest BCUT2D eigenvalue weighted by Gasteiger charge is 2.23. The second-order valence-electron chi connectivity index (χ2n) is 5.91. The molecule has 3 aromatic rings. The SMILES string of the molecule is Cc1oc2ccc(OC3Cc4ccccc4C3)cc2c1C(=O)O. The first-order valence-electron chi connectivity index (χ1n) is 7.61. The van der Waals surface area contributed by atoms with E-state index in [1.165, 1.54) is 11.1 Å². The van der Waals surface area contributed by atoms with Crippen molar-refractivity contribution < 1.29 is 19.1 Å². The van der Waals surface area contributed by atoms with Crippen LogP contribution in [0.15, 0.2) is 46.9 Å². The summed E-state index contributed by atoms with van der Waals surface area (Å²) in [7, 11) is 0. The van der Waals surface area contributed by atoms with Crippen LogP contribution in [0.5, 0.6) is 5.75 Å². The lowest BCUT2D eigenvalue weighted by Gasteiger charge is -2.13. The van der Waals surface area contributed by atoms with E-state index >= 15 is 0 Å². The summed E-state index contributed by atoms with van der Waals surface area (Å²) >= 11 is 0. The van der Waals surface area contributed by atoms with Gasteiger partial charge >= 0.3 is 5.97 Å². The maximum absolute atomic E-state index is 11.4. The Balaban J connectivity index is 1.63. The summed E-state index contributed by atoms with van der Waals surface area (Å²) in [6.07, 6.45) is 1.85. The van der Waals surface area contributed by atoms with Gasteiger partial charge in [0.15, 0.2) is 0 Å². The molecular weight excluding hydrogens is 292 g/mol. The highest BCUT2D eigenvalue weighted by Crippen LogP contribution is 2.31. The third-order valence-corrected chi connectivity index (χ3v) is 4.37. The van der Waals surface area contributed by atoms with Gasteiger partial charge in [-0.1, -0.05) is 24.3 Å². The quantitative estimate of drug-likeness (QED) is 0.795. The number of aryl methyl sites for hydroxylation is 1. The van der Waals surface area contributed by atoms with E-state index in [0.29, 0.717) is 22.5 Å². The van der Waals surface area contributed by atoms with Crippen LogP contribution in [0.25, 0.3) is 11.0 Å². The van der Waals surface area contributed by atoms with Crippen molar-refractivity contribution in [2.75, 3.05) is 0 Å². The third-order valence-electron chi connectivity index (χ3n) is 4.37. The van der Waals surface area contributed by atoms with E-state index < -0.39 is 5.97 Å². The second kappa shape index (κ2) is 5.16. The van der Waals surface area contributed by atoms with Crippen molar-refractivity contribution in [3.05, 3.63) is 64.9 Å². The molecule has 4 nitrogen and oxygen atoms in total. The summed E-state index contributed by atoms with van der Waals surface area (Å²) in [4.78, 5) is 11.4. The standard InChI is InChI=1S/C19H16O4/c1-11-18(19(20)21)16-10-14(6-7-17(16)22-11)23-15-8-12-4-2-3-5-13(12)9-15/h2-7,10,15H,8-9H2,1H3,(H,20,21). The Morgan fingerprint density at radius 2 is 1.87 bits per heavy atom. The Hall–Kier alpha value is -2.75. The van der Waals surface area contributed by atoms with Crippen LogP contribution >= 0.6 is 0 Å². The molecule has 0 saturated carbocycles. The van der Waals surface area contributed by atoms with Gasteiger partial charge in [0.1, 0.15) is 28.8 Å². The molecule has 1 heterocycles. The predicted octanol–water partition coefficient (Wildman–Crippen LogP) is 3.99. The number of hydrogen-bond donors (Lipinski definition) is 1. The number of rotatable bonds is 3. The monoisotopic (exact) mass is 308 g/mol. The van der Waals surface area contributed by atoms with E-state index in [1.54, 1.807) is 19.1 Å². The molecule has 0 atom stereocenters. The van der Waals surface area contributed by atoms with Crippen LogP contribution in [0.3, 0.4) is 0 Å². The number of fused-ring (bicyclic) bond motifs is 2. The van der Waals surface area contributed by atoms with E-state index in [0.717, 1.165) is 12.8 Å². The Bertz CT molecular complexity index is 882. The van der Waals surface area contributed by atoms with Crippen LogP contribution in [-0.4, -0.2) is 17.2 Å². The number of aromatic carboxylic acids is 1. The molecule has 1 aromatic heterocycles. The fourth-order valence-electron chi connectivity index (χ4n) is 3.33. The third kappa shape index (κ3) is 2.36. The van der Waals surface area contributed by atoms with Crippen molar-refractivity contribution in [3.8, 4) is 5.75 Å². The van der Waals surface area contributed by atoms with Gasteiger partial charge in [-0.2, -0.15) is 0 Å². The Morgan fingerprint density at radius 1 is 1.17 bits per heavy atom. The number of carboxylic acids is 1. The van der Waals surface area contributed by atoms with Crippen molar-refractivity contribution >= 4 is 16.9 Å².